The Morgan fingerprint density at radius 2 is 1.79 bits per heavy atom. The average Bonchev–Trinajstić information content (AvgIpc) is 3.17. The van der Waals surface area contributed by atoms with Crippen LogP contribution in [-0.2, 0) is 24.3 Å². The minimum Gasteiger partial charge on any atom is -0.496 e. The van der Waals surface area contributed by atoms with Gasteiger partial charge in [-0.1, -0.05) is 42.8 Å². The van der Waals surface area contributed by atoms with Crippen LogP contribution in [0.3, 0.4) is 0 Å². The van der Waals surface area contributed by atoms with E-state index in [0.717, 1.165) is 33.5 Å². The van der Waals surface area contributed by atoms with Gasteiger partial charge in [0.25, 0.3) is 5.56 Å². The van der Waals surface area contributed by atoms with E-state index in [9.17, 15) is 9.59 Å². The summed E-state index contributed by atoms with van der Waals surface area (Å²) in [4.78, 5) is 26.0. The van der Waals surface area contributed by atoms with Gasteiger partial charge in [0.1, 0.15) is 17.9 Å². The van der Waals surface area contributed by atoms with Gasteiger partial charge in [0, 0.05) is 23.6 Å². The second-order valence-corrected chi connectivity index (χ2v) is 8.07. The Kier molecular flexibility index (Phi) is 6.31. The number of para-hydroxylation sites is 1. The van der Waals surface area contributed by atoms with E-state index in [1.165, 1.54) is 4.57 Å². The summed E-state index contributed by atoms with van der Waals surface area (Å²) in [6, 6.07) is 17.1. The molecule has 1 N–H and O–H groups in total. The number of aryl methyl sites for hydroxylation is 3. The van der Waals surface area contributed by atoms with Crippen LogP contribution in [0.2, 0.25) is 0 Å². The van der Waals surface area contributed by atoms with Crippen molar-refractivity contribution in [2.45, 2.75) is 40.3 Å². The van der Waals surface area contributed by atoms with Crippen molar-refractivity contribution >= 4 is 16.9 Å². The summed E-state index contributed by atoms with van der Waals surface area (Å²) in [5.74, 6) is 0.445. The Balaban J connectivity index is 1.73. The van der Waals surface area contributed by atoms with Gasteiger partial charge in [-0.3, -0.25) is 14.2 Å². The summed E-state index contributed by atoms with van der Waals surface area (Å²) in [7, 11) is 1.60. The fourth-order valence-corrected chi connectivity index (χ4v) is 4.08. The molecule has 0 aliphatic rings. The van der Waals surface area contributed by atoms with Gasteiger partial charge >= 0.3 is 0 Å². The predicted molar refractivity (Wildman–Crippen MR) is 129 cm³/mol. The van der Waals surface area contributed by atoms with Crippen LogP contribution in [0.1, 0.15) is 29.3 Å². The highest BCUT2D eigenvalue weighted by molar-refractivity contribution is 5.86. The van der Waals surface area contributed by atoms with Crippen LogP contribution in [0.15, 0.2) is 59.4 Å². The maximum absolute atomic E-state index is 13.1. The maximum atomic E-state index is 13.1. The molecule has 4 rings (SSSR count). The molecule has 4 aromatic rings. The molecule has 2 aromatic carbocycles. The molecule has 1 amide bonds. The van der Waals surface area contributed by atoms with E-state index >= 15 is 0 Å². The normalized spacial score (nSPS) is 11.0. The van der Waals surface area contributed by atoms with E-state index in [4.69, 9.17) is 9.84 Å². The quantitative estimate of drug-likeness (QED) is 0.472. The predicted octanol–water partition coefficient (Wildman–Crippen LogP) is 3.69. The van der Waals surface area contributed by atoms with Crippen molar-refractivity contribution in [2.24, 2.45) is 0 Å². The van der Waals surface area contributed by atoms with Crippen LogP contribution in [0.4, 0.5) is 0 Å². The van der Waals surface area contributed by atoms with Crippen molar-refractivity contribution < 1.29 is 9.53 Å². The van der Waals surface area contributed by atoms with Gasteiger partial charge in [-0.15, -0.1) is 0 Å². The number of ether oxygens (including phenoxy) is 1. The van der Waals surface area contributed by atoms with Crippen LogP contribution in [-0.4, -0.2) is 27.4 Å². The highest BCUT2D eigenvalue weighted by atomic mass is 16.5. The molecule has 7 heteroatoms. The molecule has 0 radical (unpaired) electrons. The molecule has 0 spiro atoms. The molecule has 0 atom stereocenters. The first-order chi connectivity index (χ1) is 15.9. The number of carbonyl (C=O) groups is 1. The third kappa shape index (κ3) is 4.39. The number of fused-ring (bicyclic) bond motifs is 1. The Bertz CT molecular complexity index is 1370. The third-order valence-corrected chi connectivity index (χ3v) is 5.81. The molecule has 33 heavy (non-hydrogen) atoms. The molecular weight excluding hydrogens is 416 g/mol. The molecule has 7 nitrogen and oxygen atoms in total. The molecular formula is C26H28N4O3. The largest absolute Gasteiger partial charge is 0.496 e. The second kappa shape index (κ2) is 9.32. The maximum Gasteiger partial charge on any atom is 0.252 e. The molecule has 0 unspecified atom stereocenters. The van der Waals surface area contributed by atoms with Gasteiger partial charge in [0.15, 0.2) is 0 Å². The Morgan fingerprint density at radius 1 is 1.06 bits per heavy atom. The van der Waals surface area contributed by atoms with Crippen LogP contribution in [0.5, 0.6) is 5.75 Å². The lowest BCUT2D eigenvalue weighted by atomic mass is 10.1. The highest BCUT2D eigenvalue weighted by Crippen LogP contribution is 2.25. The lowest BCUT2D eigenvalue weighted by Gasteiger charge is -2.14. The first kappa shape index (κ1) is 22.3. The Hall–Kier alpha value is -3.87. The summed E-state index contributed by atoms with van der Waals surface area (Å²) >= 11 is 0. The standard InChI is InChI=1S/C26H28N4O3/c1-5-19-14-24(32)29(16-23(31)27-15-20-8-6-7-9-22(20)33-4)26-25(19)18(3)28-30(26)21-12-10-17(2)11-13-21/h6-14H,5,15-16H2,1-4H3,(H,27,31). The number of benzene rings is 2. The van der Waals surface area contributed by atoms with Gasteiger partial charge < -0.3 is 10.1 Å². The molecule has 0 bridgehead atoms. The molecule has 0 saturated carbocycles. The fraction of sp³-hybridized carbons (Fsp3) is 0.269. The van der Waals surface area contributed by atoms with E-state index in [1.807, 2.05) is 69.3 Å². The minimum absolute atomic E-state index is 0.106. The van der Waals surface area contributed by atoms with E-state index < -0.39 is 0 Å². The van der Waals surface area contributed by atoms with Crippen molar-refractivity contribution in [1.82, 2.24) is 19.7 Å². The zero-order chi connectivity index (χ0) is 23.5. The number of nitrogens with one attached hydrogen (secondary N) is 1. The minimum atomic E-state index is -0.261. The number of nitrogens with zero attached hydrogens (tertiary/aromatic N) is 3. The summed E-state index contributed by atoms with van der Waals surface area (Å²) < 4.78 is 8.62. The number of hydrogen-bond donors (Lipinski definition) is 1. The molecule has 2 aromatic heterocycles. The van der Waals surface area contributed by atoms with Gasteiger partial charge in [-0.25, -0.2) is 4.68 Å². The molecule has 2 heterocycles. The number of amides is 1. The monoisotopic (exact) mass is 444 g/mol. The summed E-state index contributed by atoms with van der Waals surface area (Å²) in [6.07, 6.45) is 0.701. The Labute approximate surface area is 192 Å². The van der Waals surface area contributed by atoms with Crippen molar-refractivity contribution in [3.05, 3.63) is 87.3 Å². The smallest absolute Gasteiger partial charge is 0.252 e. The average molecular weight is 445 g/mol. The molecule has 170 valence electrons. The lowest BCUT2D eigenvalue weighted by molar-refractivity contribution is -0.121. The number of hydrogen-bond acceptors (Lipinski definition) is 4. The fourth-order valence-electron chi connectivity index (χ4n) is 4.08. The van der Waals surface area contributed by atoms with Crippen molar-refractivity contribution in [3.63, 3.8) is 0 Å². The van der Waals surface area contributed by atoms with Gasteiger partial charge in [-0.05, 0) is 44.0 Å². The van der Waals surface area contributed by atoms with E-state index in [2.05, 4.69) is 5.32 Å². The number of methoxy groups -OCH3 is 1. The van der Waals surface area contributed by atoms with Crippen molar-refractivity contribution in [3.8, 4) is 11.4 Å². The molecule has 0 aliphatic carbocycles. The van der Waals surface area contributed by atoms with Crippen molar-refractivity contribution in [2.75, 3.05) is 7.11 Å². The number of rotatable bonds is 7. The van der Waals surface area contributed by atoms with E-state index in [-0.39, 0.29) is 18.0 Å². The second-order valence-electron chi connectivity index (χ2n) is 8.07. The van der Waals surface area contributed by atoms with Gasteiger partial charge in [0.2, 0.25) is 5.91 Å². The highest BCUT2D eigenvalue weighted by Gasteiger charge is 2.19. The van der Waals surface area contributed by atoms with Crippen LogP contribution in [0.25, 0.3) is 16.7 Å². The molecule has 0 aliphatic heterocycles. The van der Waals surface area contributed by atoms with E-state index in [1.54, 1.807) is 17.9 Å². The van der Waals surface area contributed by atoms with Crippen LogP contribution >= 0.6 is 0 Å². The lowest BCUT2D eigenvalue weighted by Crippen LogP contribution is -2.33. The first-order valence-corrected chi connectivity index (χ1v) is 11.0. The van der Waals surface area contributed by atoms with E-state index in [0.29, 0.717) is 24.4 Å². The number of pyridine rings is 1. The van der Waals surface area contributed by atoms with Crippen molar-refractivity contribution in [1.29, 1.82) is 0 Å². The van der Waals surface area contributed by atoms with Gasteiger partial charge in [0.05, 0.1) is 18.5 Å². The summed E-state index contributed by atoms with van der Waals surface area (Å²) in [5, 5.41) is 8.55. The Morgan fingerprint density at radius 3 is 2.48 bits per heavy atom. The van der Waals surface area contributed by atoms with Crippen LogP contribution < -0.4 is 15.6 Å². The molecule has 0 fully saturated rings. The number of aromatic nitrogens is 3. The third-order valence-electron chi connectivity index (χ3n) is 5.81. The zero-order valence-electron chi connectivity index (χ0n) is 19.4. The number of carbonyl (C=O) groups excluding carboxylic acids is 1. The van der Waals surface area contributed by atoms with Crippen LogP contribution in [0, 0.1) is 13.8 Å². The summed E-state index contributed by atoms with van der Waals surface area (Å²) in [5.41, 5.74) is 5.01. The zero-order valence-corrected chi connectivity index (χ0v) is 19.4. The molecule has 0 saturated heterocycles. The summed E-state index contributed by atoms with van der Waals surface area (Å²) in [6.45, 7) is 6.17. The first-order valence-electron chi connectivity index (χ1n) is 11.0. The van der Waals surface area contributed by atoms with Gasteiger partial charge in [-0.2, -0.15) is 5.10 Å². The topological polar surface area (TPSA) is 78.2 Å². The SMILES string of the molecule is CCc1cc(=O)n(CC(=O)NCc2ccccc2OC)c2c1c(C)nn2-c1ccc(C)cc1.